The lowest BCUT2D eigenvalue weighted by molar-refractivity contribution is 0.445. The Bertz CT molecular complexity index is 1480. The van der Waals surface area contributed by atoms with Gasteiger partial charge in [0.1, 0.15) is 11.6 Å². The van der Waals surface area contributed by atoms with Gasteiger partial charge in [-0.15, -0.1) is 10.2 Å². The summed E-state index contributed by atoms with van der Waals surface area (Å²) in [4.78, 5) is 16.8. The first-order chi connectivity index (χ1) is 14.9. The Morgan fingerprint density at radius 2 is 2.03 bits per heavy atom. The van der Waals surface area contributed by atoms with Gasteiger partial charge in [-0.25, -0.2) is 17.9 Å². The maximum Gasteiger partial charge on any atom is 0.272 e. The second-order valence-electron chi connectivity index (χ2n) is 6.50. The van der Waals surface area contributed by atoms with E-state index in [1.165, 1.54) is 45.1 Å². The van der Waals surface area contributed by atoms with E-state index in [2.05, 4.69) is 20.3 Å². The van der Waals surface area contributed by atoms with Gasteiger partial charge in [0.15, 0.2) is 16.5 Å². The highest BCUT2D eigenvalue weighted by Gasteiger charge is 2.23. The van der Waals surface area contributed by atoms with E-state index in [0.29, 0.717) is 29.6 Å². The molecule has 0 spiro atoms. The number of nitriles is 1. The Kier molecular flexibility index (Phi) is 5.52. The van der Waals surface area contributed by atoms with E-state index in [4.69, 9.17) is 5.26 Å². The molecule has 0 aliphatic heterocycles. The third-order valence-corrected chi connectivity index (χ3v) is 7.72. The predicted molar refractivity (Wildman–Crippen MR) is 113 cm³/mol. The molecular formula is C18H18N8O3S2. The molecule has 0 atom stereocenters. The third-order valence-electron chi connectivity index (χ3n) is 4.71. The number of aromatic nitrogens is 6. The molecule has 0 aliphatic rings. The standard InChI is InChI=1S/C18H18N8O3S2/c1-3-24(4-2)31(28,29)14-5-6-15-22-23-18(25(15)10-14)30-11-13-7-16(27)26-17(21-13)12(8-19)9-20-26/h5-7,9-10,20H,3-4,11H2,1-2H3. The number of aromatic amines is 1. The fourth-order valence-electron chi connectivity index (χ4n) is 3.14. The Morgan fingerprint density at radius 3 is 2.74 bits per heavy atom. The van der Waals surface area contributed by atoms with Gasteiger partial charge in [0.05, 0.1) is 10.6 Å². The second kappa shape index (κ2) is 8.14. The Hall–Kier alpha value is -3.21. The zero-order valence-electron chi connectivity index (χ0n) is 16.7. The van der Waals surface area contributed by atoms with Gasteiger partial charge in [-0.3, -0.25) is 14.3 Å². The van der Waals surface area contributed by atoms with Crippen molar-refractivity contribution in [3.8, 4) is 6.07 Å². The van der Waals surface area contributed by atoms with Crippen LogP contribution in [0, 0.1) is 11.3 Å². The Balaban J connectivity index is 1.66. The SMILES string of the molecule is CCN(CC)S(=O)(=O)c1ccc2nnc(SCc3cc(=O)n4[nH]cc(C#N)c4n3)n2c1. The monoisotopic (exact) mass is 458 g/mol. The lowest BCUT2D eigenvalue weighted by atomic mass is 10.3. The molecule has 0 saturated heterocycles. The van der Waals surface area contributed by atoms with E-state index in [-0.39, 0.29) is 27.4 Å². The Morgan fingerprint density at radius 1 is 1.26 bits per heavy atom. The zero-order chi connectivity index (χ0) is 22.2. The van der Waals surface area contributed by atoms with Crippen LogP contribution in [0.3, 0.4) is 0 Å². The highest BCUT2D eigenvalue weighted by Crippen LogP contribution is 2.23. The number of fused-ring (bicyclic) bond motifs is 2. The minimum atomic E-state index is -3.63. The Labute approximate surface area is 181 Å². The predicted octanol–water partition coefficient (Wildman–Crippen LogP) is 1.26. The minimum absolute atomic E-state index is 0.147. The molecule has 4 aromatic rings. The molecule has 1 N–H and O–H groups in total. The maximum absolute atomic E-state index is 12.8. The molecule has 11 nitrogen and oxygen atoms in total. The van der Waals surface area contributed by atoms with Crippen molar-refractivity contribution in [2.75, 3.05) is 13.1 Å². The molecule has 0 radical (unpaired) electrons. The molecule has 0 fully saturated rings. The molecule has 160 valence electrons. The van der Waals surface area contributed by atoms with Crippen molar-refractivity contribution in [3.05, 3.63) is 52.2 Å². The number of hydrogen-bond donors (Lipinski definition) is 1. The van der Waals surface area contributed by atoms with Gasteiger partial charge in [0.2, 0.25) is 10.0 Å². The number of sulfonamides is 1. The van der Waals surface area contributed by atoms with Crippen LogP contribution in [-0.4, -0.2) is 55.0 Å². The maximum atomic E-state index is 12.8. The van der Waals surface area contributed by atoms with E-state index in [0.717, 1.165) is 0 Å². The highest BCUT2D eigenvalue weighted by molar-refractivity contribution is 7.98. The normalized spacial score (nSPS) is 12.1. The lowest BCUT2D eigenvalue weighted by Crippen LogP contribution is -2.30. The van der Waals surface area contributed by atoms with Gasteiger partial charge in [0, 0.05) is 37.3 Å². The van der Waals surface area contributed by atoms with Crippen molar-refractivity contribution in [3.63, 3.8) is 0 Å². The number of nitrogens with zero attached hydrogens (tertiary/aromatic N) is 7. The topological polar surface area (TPSA) is 142 Å². The molecule has 0 unspecified atom stereocenters. The summed E-state index contributed by atoms with van der Waals surface area (Å²) in [6.07, 6.45) is 2.92. The largest absolute Gasteiger partial charge is 0.295 e. The molecule has 4 aromatic heterocycles. The number of thioether (sulfide) groups is 1. The smallest absolute Gasteiger partial charge is 0.272 e. The highest BCUT2D eigenvalue weighted by atomic mass is 32.2. The quantitative estimate of drug-likeness (QED) is 0.408. The van der Waals surface area contributed by atoms with Crippen molar-refractivity contribution in [2.24, 2.45) is 0 Å². The average Bonchev–Trinajstić information content (AvgIpc) is 3.36. The van der Waals surface area contributed by atoms with Gasteiger partial charge >= 0.3 is 0 Å². The van der Waals surface area contributed by atoms with Crippen LogP contribution in [0.1, 0.15) is 25.1 Å². The van der Waals surface area contributed by atoms with Crippen LogP contribution < -0.4 is 5.56 Å². The van der Waals surface area contributed by atoms with Gasteiger partial charge in [-0.1, -0.05) is 25.6 Å². The summed E-state index contributed by atoms with van der Waals surface area (Å²) >= 11 is 1.26. The van der Waals surface area contributed by atoms with Crippen LogP contribution >= 0.6 is 11.8 Å². The van der Waals surface area contributed by atoms with Crippen molar-refractivity contribution >= 4 is 33.1 Å². The summed E-state index contributed by atoms with van der Waals surface area (Å²) in [6.45, 7) is 4.31. The van der Waals surface area contributed by atoms with Crippen molar-refractivity contribution in [2.45, 2.75) is 29.7 Å². The van der Waals surface area contributed by atoms with Crippen molar-refractivity contribution < 1.29 is 8.42 Å². The molecule has 0 aliphatic carbocycles. The summed E-state index contributed by atoms with van der Waals surface area (Å²) in [7, 11) is -3.63. The fourth-order valence-corrected chi connectivity index (χ4v) is 5.40. The average molecular weight is 459 g/mol. The molecule has 0 saturated carbocycles. The third kappa shape index (κ3) is 3.69. The van der Waals surface area contributed by atoms with Crippen LogP contribution in [0.25, 0.3) is 11.3 Å². The molecule has 0 bridgehead atoms. The van der Waals surface area contributed by atoms with Crippen LogP contribution in [0.5, 0.6) is 0 Å². The van der Waals surface area contributed by atoms with Crippen LogP contribution in [0.2, 0.25) is 0 Å². The van der Waals surface area contributed by atoms with Crippen LogP contribution in [0.4, 0.5) is 0 Å². The molecular weight excluding hydrogens is 440 g/mol. The van der Waals surface area contributed by atoms with Crippen molar-refractivity contribution in [1.29, 1.82) is 5.26 Å². The van der Waals surface area contributed by atoms with Crippen molar-refractivity contribution in [1.82, 2.24) is 33.5 Å². The molecule has 31 heavy (non-hydrogen) atoms. The number of rotatable bonds is 7. The lowest BCUT2D eigenvalue weighted by Gasteiger charge is -2.18. The molecule has 4 rings (SSSR count). The summed E-state index contributed by atoms with van der Waals surface area (Å²) < 4.78 is 29.8. The molecule has 4 heterocycles. The van der Waals surface area contributed by atoms with Gasteiger partial charge in [0.25, 0.3) is 5.56 Å². The first kappa shape index (κ1) is 21.0. The molecule has 0 aromatic carbocycles. The number of H-pyrrole nitrogens is 1. The summed E-state index contributed by atoms with van der Waals surface area (Å²) in [5, 5.41) is 20.5. The summed E-state index contributed by atoms with van der Waals surface area (Å²) in [6, 6.07) is 6.47. The second-order valence-corrected chi connectivity index (χ2v) is 9.38. The minimum Gasteiger partial charge on any atom is -0.295 e. The van der Waals surface area contributed by atoms with Crippen LogP contribution in [-0.2, 0) is 15.8 Å². The van der Waals surface area contributed by atoms with Gasteiger partial charge in [-0.2, -0.15) is 9.57 Å². The fraction of sp³-hybridized carbons (Fsp3) is 0.278. The van der Waals surface area contributed by atoms with E-state index in [9.17, 15) is 13.2 Å². The summed E-state index contributed by atoms with van der Waals surface area (Å²) in [5.74, 6) is 0.287. The molecule has 13 heteroatoms. The first-order valence-electron chi connectivity index (χ1n) is 9.37. The number of hydrogen-bond acceptors (Lipinski definition) is 8. The summed E-state index contributed by atoms with van der Waals surface area (Å²) in [5.41, 5.74) is 1.16. The van der Waals surface area contributed by atoms with Gasteiger partial charge < -0.3 is 0 Å². The van der Waals surface area contributed by atoms with Crippen LogP contribution in [0.15, 0.2) is 45.4 Å². The number of pyridine rings is 1. The van der Waals surface area contributed by atoms with E-state index in [1.54, 1.807) is 24.3 Å². The van der Waals surface area contributed by atoms with E-state index in [1.807, 2.05) is 6.07 Å². The number of nitrogens with one attached hydrogen (secondary N) is 1. The zero-order valence-corrected chi connectivity index (χ0v) is 18.3. The molecule has 0 amide bonds. The first-order valence-corrected chi connectivity index (χ1v) is 11.8. The van der Waals surface area contributed by atoms with Gasteiger partial charge in [-0.05, 0) is 12.1 Å². The van der Waals surface area contributed by atoms with E-state index >= 15 is 0 Å². The van der Waals surface area contributed by atoms with E-state index < -0.39 is 10.0 Å².